The summed E-state index contributed by atoms with van der Waals surface area (Å²) < 4.78 is 0. The van der Waals surface area contributed by atoms with Crippen LogP contribution in [-0.4, -0.2) is 36.3 Å². The molecule has 0 aromatic rings. The zero-order chi connectivity index (χ0) is 9.60. The second-order valence-corrected chi connectivity index (χ2v) is 3.70. The van der Waals surface area contributed by atoms with Crippen LogP contribution in [0.2, 0.25) is 0 Å². The third-order valence-electron chi connectivity index (χ3n) is 2.89. The SMILES string of the molecule is OO[C@H]1C[C@@]23COOCC2=C[C@@H]1OO3. The van der Waals surface area contributed by atoms with E-state index in [1.165, 1.54) is 0 Å². The number of fused-ring (bicyclic) bond motifs is 2. The van der Waals surface area contributed by atoms with Crippen LogP contribution in [0.4, 0.5) is 0 Å². The van der Waals surface area contributed by atoms with E-state index in [-0.39, 0.29) is 12.7 Å². The Balaban J connectivity index is 1.95. The van der Waals surface area contributed by atoms with Crippen molar-refractivity contribution in [2.45, 2.75) is 24.2 Å². The van der Waals surface area contributed by atoms with E-state index in [0.717, 1.165) is 5.57 Å². The van der Waals surface area contributed by atoms with Crippen LogP contribution in [0.3, 0.4) is 0 Å². The molecular weight excluding hydrogens is 192 g/mol. The van der Waals surface area contributed by atoms with Crippen LogP contribution in [0, 0.1) is 0 Å². The van der Waals surface area contributed by atoms with E-state index in [2.05, 4.69) is 4.89 Å². The lowest BCUT2D eigenvalue weighted by Gasteiger charge is -2.47. The zero-order valence-corrected chi connectivity index (χ0v) is 7.34. The molecule has 4 aliphatic rings. The van der Waals surface area contributed by atoms with E-state index in [4.69, 9.17) is 24.8 Å². The molecular formula is C8H10O6. The average Bonchev–Trinajstić information content (AvgIpc) is 2.27. The third-order valence-corrected chi connectivity index (χ3v) is 2.89. The Morgan fingerprint density at radius 2 is 2.43 bits per heavy atom. The minimum Gasteiger partial charge on any atom is -0.251 e. The maximum atomic E-state index is 8.66. The molecule has 3 atom stereocenters. The first kappa shape index (κ1) is 8.78. The molecule has 1 N–H and O–H groups in total. The highest BCUT2D eigenvalue weighted by Crippen LogP contribution is 2.42. The standard InChI is InChI=1S/C8H10O6/c9-12-7-2-8-4-11-10-3-5(8)1-6(7)13-14-8/h1,6-7,9H,2-4H2/t6-,7-,8+/m0/s1. The summed E-state index contributed by atoms with van der Waals surface area (Å²) in [6.07, 6.45) is 1.62. The summed E-state index contributed by atoms with van der Waals surface area (Å²) >= 11 is 0. The van der Waals surface area contributed by atoms with E-state index in [9.17, 15) is 0 Å². The molecule has 0 amide bonds. The first-order valence-electron chi connectivity index (χ1n) is 4.44. The van der Waals surface area contributed by atoms with E-state index >= 15 is 0 Å². The molecule has 0 radical (unpaired) electrons. The molecule has 0 aromatic heterocycles. The maximum Gasteiger partial charge on any atom is 0.156 e. The number of hydrogen-bond donors (Lipinski definition) is 1. The van der Waals surface area contributed by atoms with Gasteiger partial charge in [0, 0.05) is 6.42 Å². The summed E-state index contributed by atoms with van der Waals surface area (Å²) in [5.74, 6) is 0. The highest BCUT2D eigenvalue weighted by atomic mass is 17.2. The normalized spacial score (nSPS) is 45.9. The molecule has 3 aliphatic heterocycles. The lowest BCUT2D eigenvalue weighted by molar-refractivity contribution is -0.472. The van der Waals surface area contributed by atoms with Gasteiger partial charge in [0.05, 0.1) is 0 Å². The van der Waals surface area contributed by atoms with E-state index in [0.29, 0.717) is 13.0 Å². The summed E-state index contributed by atoms with van der Waals surface area (Å²) in [5, 5.41) is 8.66. The Hall–Kier alpha value is -0.500. The molecule has 0 unspecified atom stereocenters. The van der Waals surface area contributed by atoms with E-state index < -0.39 is 11.7 Å². The topological polar surface area (TPSA) is 66.4 Å². The van der Waals surface area contributed by atoms with Gasteiger partial charge in [0.1, 0.15) is 25.4 Å². The molecule has 6 heteroatoms. The largest absolute Gasteiger partial charge is 0.251 e. The lowest BCUT2D eigenvalue weighted by atomic mass is 9.80. The summed E-state index contributed by atoms with van der Waals surface area (Å²) in [5.41, 5.74) is 0.355. The second-order valence-electron chi connectivity index (χ2n) is 3.70. The zero-order valence-electron chi connectivity index (χ0n) is 7.34. The van der Waals surface area contributed by atoms with Crippen molar-refractivity contribution in [3.8, 4) is 0 Å². The molecule has 2 fully saturated rings. The Morgan fingerprint density at radius 1 is 1.50 bits per heavy atom. The molecule has 1 aliphatic carbocycles. The van der Waals surface area contributed by atoms with E-state index in [1.54, 1.807) is 0 Å². The maximum absolute atomic E-state index is 8.66. The lowest BCUT2D eigenvalue weighted by Crippen LogP contribution is -2.58. The molecule has 1 spiro atoms. The highest BCUT2D eigenvalue weighted by Gasteiger charge is 2.53. The van der Waals surface area contributed by atoms with E-state index in [1.807, 2.05) is 6.08 Å². The second kappa shape index (κ2) is 2.99. The number of rotatable bonds is 1. The minimum atomic E-state index is -0.638. The molecule has 6 nitrogen and oxygen atoms in total. The van der Waals surface area contributed by atoms with Gasteiger partial charge in [-0.2, -0.15) is 0 Å². The first-order valence-corrected chi connectivity index (χ1v) is 4.44. The minimum absolute atomic E-state index is 0.255. The first-order chi connectivity index (χ1) is 6.84. The summed E-state index contributed by atoms with van der Waals surface area (Å²) in [6, 6.07) is 0. The Labute approximate surface area is 79.7 Å². The molecule has 2 bridgehead atoms. The summed E-state index contributed by atoms with van der Waals surface area (Å²) in [7, 11) is 0. The van der Waals surface area contributed by atoms with Gasteiger partial charge in [0.25, 0.3) is 0 Å². The van der Waals surface area contributed by atoms with Crippen LogP contribution in [0.5, 0.6) is 0 Å². The van der Waals surface area contributed by atoms with Crippen LogP contribution in [0.1, 0.15) is 6.42 Å². The molecule has 2 saturated heterocycles. The molecule has 14 heavy (non-hydrogen) atoms. The van der Waals surface area contributed by atoms with Crippen molar-refractivity contribution in [3.05, 3.63) is 11.6 Å². The smallest absolute Gasteiger partial charge is 0.156 e. The van der Waals surface area contributed by atoms with Gasteiger partial charge < -0.3 is 0 Å². The number of hydrogen-bond acceptors (Lipinski definition) is 6. The predicted octanol–water partition coefficient (Wildman–Crippen LogP) is 0.206. The molecule has 3 heterocycles. The molecule has 0 saturated carbocycles. The Bertz CT molecular complexity index is 277. The van der Waals surface area contributed by atoms with Crippen LogP contribution in [0.25, 0.3) is 0 Å². The average molecular weight is 202 g/mol. The van der Waals surface area contributed by atoms with Gasteiger partial charge in [-0.25, -0.2) is 24.4 Å². The van der Waals surface area contributed by atoms with Gasteiger partial charge in [0.15, 0.2) is 5.60 Å². The monoisotopic (exact) mass is 202 g/mol. The highest BCUT2D eigenvalue weighted by molar-refractivity contribution is 5.27. The van der Waals surface area contributed by atoms with Crippen molar-refractivity contribution in [2.24, 2.45) is 0 Å². The fourth-order valence-electron chi connectivity index (χ4n) is 2.05. The molecule has 0 aromatic carbocycles. The Morgan fingerprint density at radius 3 is 3.29 bits per heavy atom. The van der Waals surface area contributed by atoms with Crippen molar-refractivity contribution in [2.75, 3.05) is 13.2 Å². The van der Waals surface area contributed by atoms with Crippen molar-refractivity contribution in [3.63, 3.8) is 0 Å². The third kappa shape index (κ3) is 1.07. The fraction of sp³-hybridized carbons (Fsp3) is 0.750. The van der Waals surface area contributed by atoms with Gasteiger partial charge >= 0.3 is 0 Å². The molecule has 4 rings (SSSR count). The predicted molar refractivity (Wildman–Crippen MR) is 40.8 cm³/mol. The van der Waals surface area contributed by atoms with Crippen LogP contribution >= 0.6 is 0 Å². The van der Waals surface area contributed by atoms with Gasteiger partial charge in [-0.3, -0.25) is 5.26 Å². The van der Waals surface area contributed by atoms with Crippen molar-refractivity contribution < 1.29 is 29.7 Å². The molecule has 78 valence electrons. The van der Waals surface area contributed by atoms with Crippen LogP contribution < -0.4 is 0 Å². The summed E-state index contributed by atoms with van der Waals surface area (Å²) in [6.45, 7) is 0.628. The van der Waals surface area contributed by atoms with Crippen molar-refractivity contribution in [1.29, 1.82) is 0 Å². The Kier molecular flexibility index (Phi) is 1.88. The van der Waals surface area contributed by atoms with Gasteiger partial charge in [0.2, 0.25) is 0 Å². The fourth-order valence-corrected chi connectivity index (χ4v) is 2.05. The quantitative estimate of drug-likeness (QED) is 0.372. The van der Waals surface area contributed by atoms with Crippen molar-refractivity contribution >= 4 is 0 Å². The van der Waals surface area contributed by atoms with Crippen LogP contribution in [-0.2, 0) is 24.4 Å². The van der Waals surface area contributed by atoms with Gasteiger partial charge in [-0.1, -0.05) is 0 Å². The van der Waals surface area contributed by atoms with Gasteiger partial charge in [-0.15, -0.1) is 0 Å². The van der Waals surface area contributed by atoms with Crippen molar-refractivity contribution in [1.82, 2.24) is 0 Å². The summed E-state index contributed by atoms with van der Waals surface area (Å²) in [4.78, 5) is 24.3. The van der Waals surface area contributed by atoms with Gasteiger partial charge in [-0.05, 0) is 11.6 Å². The van der Waals surface area contributed by atoms with Crippen LogP contribution in [0.15, 0.2) is 11.6 Å².